The van der Waals surface area contributed by atoms with Crippen molar-refractivity contribution in [1.82, 2.24) is 29.7 Å². The number of piperazine rings is 1. The highest BCUT2D eigenvalue weighted by Gasteiger charge is 2.26. The van der Waals surface area contributed by atoms with Crippen molar-refractivity contribution in [1.29, 1.82) is 0 Å². The predicted octanol–water partition coefficient (Wildman–Crippen LogP) is 6.60. The molecule has 51 heavy (non-hydrogen) atoms. The molecule has 0 radical (unpaired) electrons. The van der Waals surface area contributed by atoms with Crippen LogP contribution < -0.4 is 10.2 Å². The molecular weight excluding hydrogens is 644 g/mol. The standard InChI is InChI=1S/C39H58N8O4/c1-28(2)46(22-23-47(29(3)4)37(49)51-39(8,9)10)34-15-14-31(25-41-34)33-16-17-40-36(43-33)42-32-13-11-12-30(24-32)26-44-18-20-45(21-19-44)27-35(48)50-38(5,6)7/h11-17,24-25,28-29H,18-23,26-27H2,1-10H3,(H,40,42,43). The molecule has 0 atom stereocenters. The van der Waals surface area contributed by atoms with Gasteiger partial charge in [0.05, 0.1) is 12.2 Å². The van der Waals surface area contributed by atoms with Crippen molar-refractivity contribution in [3.8, 4) is 11.3 Å². The van der Waals surface area contributed by atoms with Gasteiger partial charge >= 0.3 is 12.1 Å². The first-order chi connectivity index (χ1) is 24.0. The number of nitrogens with one attached hydrogen (secondary N) is 1. The fourth-order valence-corrected chi connectivity index (χ4v) is 5.82. The molecule has 0 saturated carbocycles. The van der Waals surface area contributed by atoms with Crippen LogP contribution in [0.5, 0.6) is 0 Å². The van der Waals surface area contributed by atoms with E-state index >= 15 is 0 Å². The second-order valence-electron chi connectivity index (χ2n) is 15.7. The lowest BCUT2D eigenvalue weighted by atomic mass is 10.1. The highest BCUT2D eigenvalue weighted by atomic mass is 16.6. The molecule has 0 unspecified atom stereocenters. The maximum Gasteiger partial charge on any atom is 0.410 e. The quantitative estimate of drug-likeness (QED) is 0.194. The number of esters is 1. The summed E-state index contributed by atoms with van der Waals surface area (Å²) >= 11 is 0. The van der Waals surface area contributed by atoms with E-state index in [1.165, 1.54) is 5.56 Å². The Bertz CT molecular complexity index is 1580. The molecule has 1 aliphatic heterocycles. The Morgan fingerprint density at radius 1 is 0.843 bits per heavy atom. The van der Waals surface area contributed by atoms with E-state index < -0.39 is 11.2 Å². The summed E-state index contributed by atoms with van der Waals surface area (Å²) in [5.41, 5.74) is 2.73. The molecule has 1 fully saturated rings. The molecule has 0 bridgehead atoms. The Hall–Kier alpha value is -4.29. The molecule has 12 heteroatoms. The summed E-state index contributed by atoms with van der Waals surface area (Å²) in [6.45, 7) is 25.3. The lowest BCUT2D eigenvalue weighted by Crippen LogP contribution is -2.48. The van der Waals surface area contributed by atoms with E-state index in [4.69, 9.17) is 19.4 Å². The minimum Gasteiger partial charge on any atom is -0.459 e. The second kappa shape index (κ2) is 17.3. The van der Waals surface area contributed by atoms with Crippen molar-refractivity contribution in [3.05, 3.63) is 60.4 Å². The van der Waals surface area contributed by atoms with Crippen molar-refractivity contribution in [3.63, 3.8) is 0 Å². The molecule has 0 aliphatic carbocycles. The minimum absolute atomic E-state index is 0.00638. The van der Waals surface area contributed by atoms with E-state index in [1.54, 1.807) is 11.1 Å². The zero-order valence-electron chi connectivity index (χ0n) is 32.3. The summed E-state index contributed by atoms with van der Waals surface area (Å²) in [6, 6.07) is 14.4. The van der Waals surface area contributed by atoms with Crippen LogP contribution in [0.1, 0.15) is 74.8 Å². The number of ether oxygens (including phenoxy) is 2. The van der Waals surface area contributed by atoms with Gasteiger partial charge in [-0.3, -0.25) is 14.6 Å². The molecule has 1 aromatic carbocycles. The monoisotopic (exact) mass is 702 g/mol. The second-order valence-corrected chi connectivity index (χ2v) is 15.7. The number of nitrogens with zero attached hydrogens (tertiary/aromatic N) is 7. The van der Waals surface area contributed by atoms with Crippen LogP contribution in [0.15, 0.2) is 54.9 Å². The highest BCUT2D eigenvalue weighted by Crippen LogP contribution is 2.23. The molecular formula is C39H58N8O4. The number of carbonyl (C=O) groups excluding carboxylic acids is 2. The maximum absolute atomic E-state index is 12.9. The number of benzene rings is 1. The number of hydrogen-bond acceptors (Lipinski definition) is 11. The van der Waals surface area contributed by atoms with E-state index in [9.17, 15) is 9.59 Å². The van der Waals surface area contributed by atoms with Crippen molar-refractivity contribution >= 4 is 29.5 Å². The van der Waals surface area contributed by atoms with E-state index in [2.05, 4.69) is 51.0 Å². The number of pyridine rings is 1. The van der Waals surface area contributed by atoms with Crippen LogP contribution in [0.3, 0.4) is 0 Å². The smallest absolute Gasteiger partial charge is 0.410 e. The van der Waals surface area contributed by atoms with Crippen LogP contribution in [0.4, 0.5) is 22.2 Å². The molecule has 0 spiro atoms. The lowest BCUT2D eigenvalue weighted by Gasteiger charge is -2.34. The molecule has 3 heterocycles. The number of rotatable bonds is 13. The zero-order chi connectivity index (χ0) is 37.3. The molecule has 2 aromatic heterocycles. The van der Waals surface area contributed by atoms with Gasteiger partial charge in [-0.05, 0) is 105 Å². The first kappa shape index (κ1) is 39.5. The normalized spacial score (nSPS) is 14.4. The maximum atomic E-state index is 12.9. The number of carbonyl (C=O) groups is 2. The molecule has 4 rings (SSSR count). The molecule has 1 N–H and O–H groups in total. The number of hydrogen-bond donors (Lipinski definition) is 1. The Balaban J connectivity index is 1.34. The van der Waals surface area contributed by atoms with Crippen LogP contribution in [-0.2, 0) is 20.8 Å². The van der Waals surface area contributed by atoms with Crippen molar-refractivity contribution in [2.45, 2.75) is 99.1 Å². The highest BCUT2D eigenvalue weighted by molar-refractivity contribution is 5.72. The fourth-order valence-electron chi connectivity index (χ4n) is 5.82. The van der Waals surface area contributed by atoms with Gasteiger partial charge in [0.15, 0.2) is 0 Å². The summed E-state index contributed by atoms with van der Waals surface area (Å²) in [7, 11) is 0. The Kier molecular flexibility index (Phi) is 13.4. The first-order valence-corrected chi connectivity index (χ1v) is 18.0. The van der Waals surface area contributed by atoms with E-state index in [-0.39, 0.29) is 24.1 Å². The molecule has 1 amide bonds. The first-order valence-electron chi connectivity index (χ1n) is 18.0. The van der Waals surface area contributed by atoms with Crippen LogP contribution >= 0.6 is 0 Å². The SMILES string of the molecule is CC(C)N(CCN(c1ccc(-c2ccnc(Nc3cccc(CN4CCN(CC(=O)OC(C)(C)C)CC4)c3)n2)cn1)C(C)C)C(=O)OC(C)(C)C. The van der Waals surface area contributed by atoms with Gasteiger partial charge in [0.2, 0.25) is 5.95 Å². The van der Waals surface area contributed by atoms with Crippen molar-refractivity contribution in [2.24, 2.45) is 0 Å². The molecule has 1 saturated heterocycles. The third-order valence-electron chi connectivity index (χ3n) is 8.28. The van der Waals surface area contributed by atoms with Gasteiger partial charge in [0.1, 0.15) is 17.0 Å². The van der Waals surface area contributed by atoms with Gasteiger partial charge < -0.3 is 24.6 Å². The van der Waals surface area contributed by atoms with Crippen LogP contribution in [0, 0.1) is 0 Å². The van der Waals surface area contributed by atoms with Gasteiger partial charge in [-0.15, -0.1) is 0 Å². The predicted molar refractivity (Wildman–Crippen MR) is 203 cm³/mol. The van der Waals surface area contributed by atoms with Crippen molar-refractivity contribution in [2.75, 3.05) is 56.0 Å². The molecule has 3 aromatic rings. The van der Waals surface area contributed by atoms with Gasteiger partial charge in [-0.2, -0.15) is 0 Å². The lowest BCUT2D eigenvalue weighted by molar-refractivity contribution is -0.156. The average Bonchev–Trinajstić information content (AvgIpc) is 3.02. The summed E-state index contributed by atoms with van der Waals surface area (Å²) in [6.07, 6.45) is 3.27. The Labute approximate surface area is 304 Å². The summed E-state index contributed by atoms with van der Waals surface area (Å²) in [5.74, 6) is 1.16. The van der Waals surface area contributed by atoms with E-state index in [0.29, 0.717) is 25.6 Å². The third kappa shape index (κ3) is 12.8. The summed E-state index contributed by atoms with van der Waals surface area (Å²) < 4.78 is 11.1. The average molecular weight is 703 g/mol. The minimum atomic E-state index is -0.552. The largest absolute Gasteiger partial charge is 0.459 e. The van der Waals surface area contributed by atoms with Gasteiger partial charge in [-0.1, -0.05) is 12.1 Å². The number of anilines is 3. The van der Waals surface area contributed by atoms with Gasteiger partial charge in [0, 0.05) is 81.5 Å². The number of aromatic nitrogens is 3. The van der Waals surface area contributed by atoms with E-state index in [0.717, 1.165) is 55.5 Å². The van der Waals surface area contributed by atoms with Crippen LogP contribution in [-0.4, -0.2) is 111 Å². The third-order valence-corrected chi connectivity index (χ3v) is 8.28. The van der Waals surface area contributed by atoms with Crippen molar-refractivity contribution < 1.29 is 19.1 Å². The molecule has 1 aliphatic rings. The zero-order valence-corrected chi connectivity index (χ0v) is 32.3. The molecule has 12 nitrogen and oxygen atoms in total. The van der Waals surface area contributed by atoms with E-state index in [1.807, 2.05) is 91.9 Å². The summed E-state index contributed by atoms with van der Waals surface area (Å²) in [5, 5.41) is 3.37. The van der Waals surface area contributed by atoms with Crippen LogP contribution in [0.2, 0.25) is 0 Å². The number of amides is 1. The molecule has 278 valence electrons. The van der Waals surface area contributed by atoms with Gasteiger partial charge in [-0.25, -0.2) is 19.7 Å². The topological polar surface area (TPSA) is 116 Å². The Morgan fingerprint density at radius 3 is 2.14 bits per heavy atom. The summed E-state index contributed by atoms with van der Waals surface area (Å²) in [4.78, 5) is 47.7. The van der Waals surface area contributed by atoms with Gasteiger partial charge in [0.25, 0.3) is 0 Å². The van der Waals surface area contributed by atoms with Crippen LogP contribution in [0.25, 0.3) is 11.3 Å². The Morgan fingerprint density at radius 2 is 1.53 bits per heavy atom. The fraction of sp³-hybridized carbons (Fsp3) is 0.564.